The predicted molar refractivity (Wildman–Crippen MR) is 70.3 cm³/mol. The molecule has 1 atom stereocenters. The van der Waals surface area contributed by atoms with Crippen molar-refractivity contribution in [1.29, 1.82) is 5.26 Å². The van der Waals surface area contributed by atoms with Crippen LogP contribution in [0.4, 0.5) is 0 Å². The number of hydrogen-bond donors (Lipinski definition) is 2. The quantitative estimate of drug-likeness (QED) is 0.291. The van der Waals surface area contributed by atoms with E-state index < -0.39 is 5.91 Å². The highest BCUT2D eigenvalue weighted by Crippen LogP contribution is 2.10. The molecule has 0 aromatic carbocycles. The van der Waals surface area contributed by atoms with Gasteiger partial charge in [0.1, 0.15) is 11.6 Å². The van der Waals surface area contributed by atoms with Crippen molar-refractivity contribution in [2.24, 2.45) is 0 Å². The molecule has 0 aromatic heterocycles. The van der Waals surface area contributed by atoms with Crippen LogP contribution in [0, 0.1) is 11.3 Å². The Hall–Kier alpha value is -2.07. The zero-order valence-electron chi connectivity index (χ0n) is 11.5. The Bertz CT molecular complexity index is 408. The van der Waals surface area contributed by atoms with Crippen LogP contribution in [0.3, 0.4) is 0 Å². The molecule has 1 unspecified atom stereocenters. The fourth-order valence-electron chi connectivity index (χ4n) is 1.71. The summed E-state index contributed by atoms with van der Waals surface area (Å²) in [5.74, 6) is -0.805. The fourth-order valence-corrected chi connectivity index (χ4v) is 1.71. The lowest BCUT2D eigenvalue weighted by molar-refractivity contribution is -0.140. The molecule has 1 saturated heterocycles. The van der Waals surface area contributed by atoms with E-state index in [4.69, 9.17) is 10.00 Å². The lowest BCUT2D eigenvalue weighted by atomic mass is 10.2. The van der Waals surface area contributed by atoms with E-state index in [0.717, 1.165) is 19.4 Å². The van der Waals surface area contributed by atoms with Crippen molar-refractivity contribution >= 4 is 11.9 Å². The third kappa shape index (κ3) is 5.71. The van der Waals surface area contributed by atoms with E-state index in [2.05, 4.69) is 15.4 Å². The number of methoxy groups -OCH3 is 1. The van der Waals surface area contributed by atoms with Crippen molar-refractivity contribution in [3.05, 3.63) is 11.8 Å². The molecule has 1 aliphatic rings. The zero-order valence-corrected chi connectivity index (χ0v) is 11.5. The van der Waals surface area contributed by atoms with E-state index in [-0.39, 0.29) is 24.1 Å². The molecule has 0 bridgehead atoms. The molecule has 7 heteroatoms. The topological polar surface area (TPSA) is 100 Å². The van der Waals surface area contributed by atoms with Gasteiger partial charge in [-0.2, -0.15) is 5.26 Å². The van der Waals surface area contributed by atoms with Crippen molar-refractivity contribution in [3.8, 4) is 6.07 Å². The maximum Gasteiger partial charge on any atom is 0.307 e. The largest absolute Gasteiger partial charge is 0.469 e. The van der Waals surface area contributed by atoms with Gasteiger partial charge < -0.3 is 20.1 Å². The van der Waals surface area contributed by atoms with E-state index in [1.165, 1.54) is 13.3 Å². The Labute approximate surface area is 117 Å². The molecule has 2 N–H and O–H groups in total. The highest BCUT2D eigenvalue weighted by atomic mass is 16.5. The Balaban J connectivity index is 2.30. The van der Waals surface area contributed by atoms with Crippen molar-refractivity contribution < 1.29 is 19.1 Å². The Kier molecular flexibility index (Phi) is 7.14. The van der Waals surface area contributed by atoms with Gasteiger partial charge in [0.2, 0.25) is 0 Å². The van der Waals surface area contributed by atoms with Gasteiger partial charge in [-0.05, 0) is 12.8 Å². The van der Waals surface area contributed by atoms with Crippen molar-refractivity contribution in [3.63, 3.8) is 0 Å². The Morgan fingerprint density at radius 1 is 1.55 bits per heavy atom. The number of ether oxygens (including phenoxy) is 2. The Morgan fingerprint density at radius 3 is 2.95 bits per heavy atom. The van der Waals surface area contributed by atoms with Crippen LogP contribution in [0.15, 0.2) is 11.8 Å². The second-order valence-corrected chi connectivity index (χ2v) is 4.30. The summed E-state index contributed by atoms with van der Waals surface area (Å²) in [6, 6.07) is 1.81. The first-order valence-corrected chi connectivity index (χ1v) is 6.47. The van der Waals surface area contributed by atoms with E-state index in [1.807, 2.05) is 6.07 Å². The van der Waals surface area contributed by atoms with Gasteiger partial charge in [0.15, 0.2) is 0 Å². The summed E-state index contributed by atoms with van der Waals surface area (Å²) in [6.07, 6.45) is 3.42. The normalized spacial score (nSPS) is 18.2. The van der Waals surface area contributed by atoms with Gasteiger partial charge >= 0.3 is 5.97 Å². The van der Waals surface area contributed by atoms with Crippen molar-refractivity contribution in [2.45, 2.75) is 25.4 Å². The zero-order chi connectivity index (χ0) is 14.8. The number of nitrogens with one attached hydrogen (secondary N) is 2. The molecular formula is C13H19N3O4. The van der Waals surface area contributed by atoms with Gasteiger partial charge in [0.05, 0.1) is 19.6 Å². The van der Waals surface area contributed by atoms with Gasteiger partial charge in [0.25, 0.3) is 5.91 Å². The summed E-state index contributed by atoms with van der Waals surface area (Å²) in [5, 5.41) is 14.3. The molecular weight excluding hydrogens is 262 g/mol. The van der Waals surface area contributed by atoms with Gasteiger partial charge in [0, 0.05) is 25.9 Å². The molecule has 1 amide bonds. The number of nitriles is 1. The highest BCUT2D eigenvalue weighted by molar-refractivity contribution is 5.97. The summed E-state index contributed by atoms with van der Waals surface area (Å²) in [7, 11) is 1.30. The molecule has 1 heterocycles. The van der Waals surface area contributed by atoms with E-state index >= 15 is 0 Å². The van der Waals surface area contributed by atoms with E-state index in [9.17, 15) is 9.59 Å². The highest BCUT2D eigenvalue weighted by Gasteiger charge is 2.17. The smallest absolute Gasteiger partial charge is 0.307 e. The number of carbonyl (C=O) groups excluding carboxylic acids is 2. The van der Waals surface area contributed by atoms with Crippen LogP contribution in [0.1, 0.15) is 19.3 Å². The number of rotatable bonds is 7. The second kappa shape index (κ2) is 8.93. The Morgan fingerprint density at radius 2 is 2.35 bits per heavy atom. The minimum absolute atomic E-state index is 0.0335. The molecule has 20 heavy (non-hydrogen) atoms. The number of hydrogen-bond acceptors (Lipinski definition) is 6. The van der Waals surface area contributed by atoms with Crippen LogP contribution >= 0.6 is 0 Å². The van der Waals surface area contributed by atoms with Crippen molar-refractivity contribution in [2.75, 3.05) is 26.8 Å². The molecule has 1 fully saturated rings. The molecule has 0 aromatic rings. The minimum atomic E-state index is -0.450. The second-order valence-electron chi connectivity index (χ2n) is 4.30. The predicted octanol–water partition coefficient (Wildman–Crippen LogP) is -0.158. The van der Waals surface area contributed by atoms with Crippen LogP contribution in [0.2, 0.25) is 0 Å². The van der Waals surface area contributed by atoms with E-state index in [0.29, 0.717) is 13.1 Å². The molecule has 1 rings (SSSR count). The van der Waals surface area contributed by atoms with Crippen LogP contribution in [-0.2, 0) is 19.1 Å². The van der Waals surface area contributed by atoms with Gasteiger partial charge in [-0.15, -0.1) is 0 Å². The standard InChI is InChI=1S/C13H19N3O4/c1-19-12(17)4-5-15-8-10(7-14)13(18)16-9-11-3-2-6-20-11/h8,11,15H,2-6,9H2,1H3,(H,16,18)/b10-8-. The molecule has 0 saturated carbocycles. The molecule has 110 valence electrons. The summed E-state index contributed by atoms with van der Waals surface area (Å²) < 4.78 is 9.84. The average molecular weight is 281 g/mol. The first kappa shape index (κ1) is 16.0. The molecule has 7 nitrogen and oxygen atoms in total. The maximum absolute atomic E-state index is 11.7. The third-order valence-electron chi connectivity index (χ3n) is 2.83. The van der Waals surface area contributed by atoms with Gasteiger partial charge in [-0.25, -0.2) is 0 Å². The van der Waals surface area contributed by atoms with E-state index in [1.54, 1.807) is 0 Å². The summed E-state index contributed by atoms with van der Waals surface area (Å²) in [4.78, 5) is 22.6. The molecule has 1 aliphatic heterocycles. The minimum Gasteiger partial charge on any atom is -0.469 e. The maximum atomic E-state index is 11.7. The number of amides is 1. The lowest BCUT2D eigenvalue weighted by Gasteiger charge is -2.10. The van der Waals surface area contributed by atoms with Crippen LogP contribution < -0.4 is 10.6 Å². The molecule has 0 radical (unpaired) electrons. The lowest BCUT2D eigenvalue weighted by Crippen LogP contribution is -2.33. The first-order valence-electron chi connectivity index (χ1n) is 6.47. The number of carbonyl (C=O) groups is 2. The monoisotopic (exact) mass is 281 g/mol. The van der Waals surface area contributed by atoms with Crippen molar-refractivity contribution in [1.82, 2.24) is 10.6 Å². The summed E-state index contributed by atoms with van der Waals surface area (Å²) in [6.45, 7) is 1.42. The fraction of sp³-hybridized carbons (Fsp3) is 0.615. The third-order valence-corrected chi connectivity index (χ3v) is 2.83. The average Bonchev–Trinajstić information content (AvgIpc) is 2.97. The van der Waals surface area contributed by atoms with Gasteiger partial charge in [-0.1, -0.05) is 0 Å². The summed E-state index contributed by atoms with van der Waals surface area (Å²) in [5.41, 5.74) is -0.0344. The van der Waals surface area contributed by atoms with Gasteiger partial charge in [-0.3, -0.25) is 9.59 Å². The molecule has 0 spiro atoms. The number of esters is 1. The SMILES string of the molecule is COC(=O)CCN/C=C(/C#N)C(=O)NCC1CCCO1. The summed E-state index contributed by atoms with van der Waals surface area (Å²) >= 11 is 0. The molecule has 0 aliphatic carbocycles. The first-order chi connectivity index (χ1) is 9.67. The van der Waals surface area contributed by atoms with Crippen LogP contribution in [-0.4, -0.2) is 44.8 Å². The van der Waals surface area contributed by atoms with Crippen LogP contribution in [0.25, 0.3) is 0 Å². The van der Waals surface area contributed by atoms with Crippen LogP contribution in [0.5, 0.6) is 0 Å². The number of nitrogens with zero attached hydrogens (tertiary/aromatic N) is 1.